The molecule has 0 atom stereocenters. The molecule has 0 radical (unpaired) electrons. The number of aryl methyl sites for hydroxylation is 1. The molecule has 6 nitrogen and oxygen atoms in total. The minimum atomic E-state index is -1.71. The quantitative estimate of drug-likeness (QED) is 0.390. The molecule has 0 aromatic carbocycles. The predicted molar refractivity (Wildman–Crippen MR) is 43.7 cm³/mol. The summed E-state index contributed by atoms with van der Waals surface area (Å²) in [4.78, 5) is 11.0. The molecular formula is C5H8BN3O3. The van der Waals surface area contributed by atoms with Gasteiger partial charge in [0, 0.05) is 7.05 Å². The number of nitrogen functional groups attached to an aromatic ring is 1. The third-order valence-corrected chi connectivity index (χ3v) is 1.37. The molecule has 0 spiro atoms. The second kappa shape index (κ2) is 2.96. The first-order valence-electron chi connectivity index (χ1n) is 3.22. The molecule has 1 rings (SSSR count). The molecule has 1 aromatic rings. The van der Waals surface area contributed by atoms with Gasteiger partial charge in [0.05, 0.1) is 5.59 Å². The maximum atomic E-state index is 11.0. The highest BCUT2D eigenvalue weighted by Crippen LogP contribution is 1.85. The van der Waals surface area contributed by atoms with Crippen molar-refractivity contribution in [1.29, 1.82) is 0 Å². The molecule has 0 amide bonds. The van der Waals surface area contributed by atoms with Crippen LogP contribution in [-0.4, -0.2) is 26.9 Å². The fraction of sp³-hybridized carbons (Fsp3) is 0.200. The minimum absolute atomic E-state index is 0.0467. The Hall–Kier alpha value is -1.34. The van der Waals surface area contributed by atoms with Gasteiger partial charge >= 0.3 is 7.12 Å². The van der Waals surface area contributed by atoms with Crippen molar-refractivity contribution in [3.05, 3.63) is 16.4 Å². The Morgan fingerprint density at radius 2 is 2.25 bits per heavy atom. The zero-order valence-corrected chi connectivity index (χ0v) is 6.43. The summed E-state index contributed by atoms with van der Waals surface area (Å²) in [7, 11) is -0.330. The van der Waals surface area contributed by atoms with Crippen molar-refractivity contribution in [2.75, 3.05) is 5.73 Å². The lowest BCUT2D eigenvalue weighted by atomic mass is 9.86. The summed E-state index contributed by atoms with van der Waals surface area (Å²) in [5.41, 5.74) is 4.70. The van der Waals surface area contributed by atoms with Gasteiger partial charge in [0.2, 0.25) is 0 Å². The number of rotatable bonds is 1. The average molecular weight is 169 g/mol. The van der Waals surface area contributed by atoms with Gasteiger partial charge in [-0.25, -0.2) is 4.68 Å². The van der Waals surface area contributed by atoms with E-state index < -0.39 is 12.7 Å². The second-order valence-electron chi connectivity index (χ2n) is 2.33. The van der Waals surface area contributed by atoms with E-state index in [0.717, 1.165) is 10.7 Å². The maximum absolute atomic E-state index is 11.0. The van der Waals surface area contributed by atoms with Crippen LogP contribution in [0.15, 0.2) is 10.9 Å². The van der Waals surface area contributed by atoms with Crippen LogP contribution >= 0.6 is 0 Å². The summed E-state index contributed by atoms with van der Waals surface area (Å²) in [5.74, 6) is 0. The molecular weight excluding hydrogens is 161 g/mol. The fourth-order valence-electron chi connectivity index (χ4n) is 0.782. The third-order valence-electron chi connectivity index (χ3n) is 1.37. The molecule has 12 heavy (non-hydrogen) atoms. The summed E-state index contributed by atoms with van der Waals surface area (Å²) in [6.07, 6.45) is 0. The first-order valence-corrected chi connectivity index (χ1v) is 3.22. The van der Waals surface area contributed by atoms with E-state index in [1.807, 2.05) is 0 Å². The van der Waals surface area contributed by atoms with E-state index in [2.05, 4.69) is 5.10 Å². The molecule has 0 fully saturated rings. The van der Waals surface area contributed by atoms with Crippen LogP contribution in [0.1, 0.15) is 0 Å². The van der Waals surface area contributed by atoms with E-state index in [9.17, 15) is 4.79 Å². The van der Waals surface area contributed by atoms with Crippen LogP contribution in [-0.2, 0) is 7.05 Å². The van der Waals surface area contributed by atoms with Crippen molar-refractivity contribution >= 4 is 18.4 Å². The van der Waals surface area contributed by atoms with Gasteiger partial charge in [-0.05, 0) is 6.07 Å². The number of hydrogen-bond acceptors (Lipinski definition) is 5. The fourth-order valence-corrected chi connectivity index (χ4v) is 0.782. The molecule has 0 saturated heterocycles. The molecule has 7 heteroatoms. The van der Waals surface area contributed by atoms with E-state index >= 15 is 0 Å². The van der Waals surface area contributed by atoms with Gasteiger partial charge in [0.1, 0.15) is 5.69 Å². The summed E-state index contributed by atoms with van der Waals surface area (Å²) < 4.78 is 0.949. The van der Waals surface area contributed by atoms with Crippen molar-refractivity contribution < 1.29 is 10.0 Å². The van der Waals surface area contributed by atoms with Crippen molar-refractivity contribution in [3.8, 4) is 0 Å². The smallest absolute Gasteiger partial charge is 0.422 e. The predicted octanol–water partition coefficient (Wildman–Crippen LogP) is -2.96. The second-order valence-corrected chi connectivity index (χ2v) is 2.33. The Balaban J connectivity index is 3.31. The van der Waals surface area contributed by atoms with Crippen LogP contribution in [0.4, 0.5) is 5.69 Å². The summed E-state index contributed by atoms with van der Waals surface area (Å²) in [6.45, 7) is 0. The van der Waals surface area contributed by atoms with Gasteiger partial charge in [-0.2, -0.15) is 5.10 Å². The zero-order valence-electron chi connectivity index (χ0n) is 6.43. The molecule has 0 aliphatic heterocycles. The van der Waals surface area contributed by atoms with Crippen molar-refractivity contribution in [3.63, 3.8) is 0 Å². The van der Waals surface area contributed by atoms with Gasteiger partial charge in [0.25, 0.3) is 5.56 Å². The first kappa shape index (κ1) is 8.76. The van der Waals surface area contributed by atoms with Gasteiger partial charge in [-0.3, -0.25) is 4.79 Å². The molecule has 0 saturated carbocycles. The molecule has 1 heterocycles. The van der Waals surface area contributed by atoms with Crippen LogP contribution in [0.2, 0.25) is 0 Å². The Morgan fingerprint density at radius 1 is 1.67 bits per heavy atom. The molecule has 0 bridgehead atoms. The largest absolute Gasteiger partial charge is 0.510 e. The SMILES string of the molecule is Cn1nc(B(O)O)cc(N)c1=O. The lowest BCUT2D eigenvalue weighted by Crippen LogP contribution is -2.39. The molecule has 0 aliphatic carbocycles. The number of hydrogen-bond donors (Lipinski definition) is 3. The standard InChI is InChI=1S/C5H8BN3O3/c1-9-5(10)3(7)2-4(8-9)6(11)12/h2,11-12H,7H2,1H3. The average Bonchev–Trinajstić information content (AvgIpc) is 1.99. The van der Waals surface area contributed by atoms with E-state index in [4.69, 9.17) is 15.8 Å². The molecule has 1 aromatic heterocycles. The Bertz CT molecular complexity index is 322. The van der Waals surface area contributed by atoms with Gasteiger partial charge in [-0.15, -0.1) is 0 Å². The van der Waals surface area contributed by atoms with E-state index in [0.29, 0.717) is 0 Å². The molecule has 0 aliphatic rings. The zero-order chi connectivity index (χ0) is 9.30. The number of anilines is 1. The monoisotopic (exact) mass is 169 g/mol. The highest BCUT2D eigenvalue weighted by molar-refractivity contribution is 6.57. The number of nitrogens with zero attached hydrogens (tertiary/aromatic N) is 2. The van der Waals surface area contributed by atoms with Gasteiger partial charge < -0.3 is 15.8 Å². The van der Waals surface area contributed by atoms with Gasteiger partial charge in [-0.1, -0.05) is 0 Å². The Labute approximate surface area is 68.4 Å². The third kappa shape index (κ3) is 1.46. The van der Waals surface area contributed by atoms with Gasteiger partial charge in [0.15, 0.2) is 0 Å². The highest BCUT2D eigenvalue weighted by Gasteiger charge is 2.15. The summed E-state index contributed by atoms with van der Waals surface area (Å²) in [5, 5.41) is 20.9. The minimum Gasteiger partial charge on any atom is -0.422 e. The van der Waals surface area contributed by atoms with E-state index in [-0.39, 0.29) is 11.3 Å². The summed E-state index contributed by atoms with van der Waals surface area (Å²) >= 11 is 0. The molecule has 0 unspecified atom stereocenters. The summed E-state index contributed by atoms with van der Waals surface area (Å²) in [6, 6.07) is 1.13. The van der Waals surface area contributed by atoms with Crippen LogP contribution in [0.3, 0.4) is 0 Å². The van der Waals surface area contributed by atoms with E-state index in [1.165, 1.54) is 7.05 Å². The maximum Gasteiger partial charge on any atom is 0.510 e. The topological polar surface area (TPSA) is 101 Å². The van der Waals surface area contributed by atoms with Crippen molar-refractivity contribution in [2.45, 2.75) is 0 Å². The highest BCUT2D eigenvalue weighted by atomic mass is 16.4. The Morgan fingerprint density at radius 3 is 2.67 bits per heavy atom. The van der Waals surface area contributed by atoms with Crippen molar-refractivity contribution in [2.24, 2.45) is 7.05 Å². The van der Waals surface area contributed by atoms with Crippen LogP contribution < -0.4 is 16.9 Å². The number of aromatic nitrogens is 2. The molecule has 64 valence electrons. The number of nitrogens with two attached hydrogens (primary N) is 1. The van der Waals surface area contributed by atoms with Crippen LogP contribution in [0.5, 0.6) is 0 Å². The van der Waals surface area contributed by atoms with E-state index in [1.54, 1.807) is 0 Å². The lowest BCUT2D eigenvalue weighted by Gasteiger charge is -2.02. The van der Waals surface area contributed by atoms with Crippen molar-refractivity contribution in [1.82, 2.24) is 9.78 Å². The lowest BCUT2D eigenvalue weighted by molar-refractivity contribution is 0.422. The normalized spacial score (nSPS) is 9.92. The van der Waals surface area contributed by atoms with Crippen LogP contribution in [0.25, 0.3) is 0 Å². The van der Waals surface area contributed by atoms with Crippen LogP contribution in [0, 0.1) is 0 Å². The Kier molecular flexibility index (Phi) is 2.16. The molecule has 4 N–H and O–H groups in total. The first-order chi connectivity index (χ1) is 5.52.